The molecule has 1 atom stereocenters. The quantitative estimate of drug-likeness (QED) is 0.284. The van der Waals surface area contributed by atoms with Crippen LogP contribution in [-0.4, -0.2) is 30.2 Å². The van der Waals surface area contributed by atoms with Crippen molar-refractivity contribution in [3.05, 3.63) is 35.4 Å². The maximum absolute atomic E-state index is 11.4. The number of carbonyl (C=O) groups is 1. The van der Waals surface area contributed by atoms with Gasteiger partial charge >= 0.3 is 0 Å². The standard InChI is InChI=1S/C15H18O5/c1-4-18-19-8-9(2)14-6-11-5-13(17)12(10(3)16)7-15(11)20-14/h5,7,14,17H,2,4,6,8H2,1,3H3/t14-/m1/s1. The third-order valence-electron chi connectivity index (χ3n) is 3.13. The number of hydrogen-bond donors (Lipinski definition) is 1. The summed E-state index contributed by atoms with van der Waals surface area (Å²) in [7, 11) is 0. The summed E-state index contributed by atoms with van der Waals surface area (Å²) in [6.45, 7) is 7.86. The Bertz CT molecular complexity index is 535. The van der Waals surface area contributed by atoms with Crippen LogP contribution >= 0.6 is 0 Å². The highest BCUT2D eigenvalue weighted by molar-refractivity contribution is 5.97. The minimum absolute atomic E-state index is 0.0170. The van der Waals surface area contributed by atoms with Crippen LogP contribution in [0, 0.1) is 0 Å². The summed E-state index contributed by atoms with van der Waals surface area (Å²) in [4.78, 5) is 21.2. The molecule has 0 aromatic heterocycles. The third-order valence-corrected chi connectivity index (χ3v) is 3.13. The monoisotopic (exact) mass is 278 g/mol. The molecule has 0 unspecified atom stereocenters. The third kappa shape index (κ3) is 3.00. The molecule has 1 aliphatic heterocycles. The number of fused-ring (bicyclic) bond motifs is 1. The average Bonchev–Trinajstić information content (AvgIpc) is 2.80. The second-order valence-corrected chi connectivity index (χ2v) is 4.67. The number of phenolic OH excluding ortho intramolecular Hbond substituents is 1. The molecule has 5 nitrogen and oxygen atoms in total. The first-order chi connectivity index (χ1) is 9.52. The minimum atomic E-state index is -0.230. The molecule has 0 saturated carbocycles. The summed E-state index contributed by atoms with van der Waals surface area (Å²) >= 11 is 0. The van der Waals surface area contributed by atoms with Crippen molar-refractivity contribution >= 4 is 5.78 Å². The van der Waals surface area contributed by atoms with Gasteiger partial charge in [0.2, 0.25) is 0 Å². The smallest absolute Gasteiger partial charge is 0.163 e. The molecule has 5 heteroatoms. The molecular formula is C15H18O5. The minimum Gasteiger partial charge on any atom is -0.507 e. The number of carbonyl (C=O) groups excluding carboxylic acids is 1. The Morgan fingerprint density at radius 3 is 2.90 bits per heavy atom. The van der Waals surface area contributed by atoms with Crippen molar-refractivity contribution < 1.29 is 24.4 Å². The van der Waals surface area contributed by atoms with Gasteiger partial charge < -0.3 is 9.84 Å². The van der Waals surface area contributed by atoms with Gasteiger partial charge in [-0.3, -0.25) is 4.79 Å². The Labute approximate surface area is 117 Å². The van der Waals surface area contributed by atoms with E-state index in [-0.39, 0.29) is 29.8 Å². The van der Waals surface area contributed by atoms with E-state index in [1.165, 1.54) is 6.92 Å². The highest BCUT2D eigenvalue weighted by Gasteiger charge is 2.27. The molecule has 1 aromatic carbocycles. The number of ether oxygens (including phenoxy) is 1. The summed E-state index contributed by atoms with van der Waals surface area (Å²) in [5.74, 6) is 0.392. The number of ketones is 1. The van der Waals surface area contributed by atoms with Crippen LogP contribution in [0.1, 0.15) is 29.8 Å². The topological polar surface area (TPSA) is 65.0 Å². The largest absolute Gasteiger partial charge is 0.507 e. The van der Waals surface area contributed by atoms with E-state index in [2.05, 4.69) is 6.58 Å². The van der Waals surface area contributed by atoms with Gasteiger partial charge in [-0.1, -0.05) is 6.58 Å². The van der Waals surface area contributed by atoms with Gasteiger partial charge in [0.15, 0.2) is 5.78 Å². The summed E-state index contributed by atoms with van der Waals surface area (Å²) in [6, 6.07) is 3.15. The van der Waals surface area contributed by atoms with Crippen LogP contribution in [0.3, 0.4) is 0 Å². The predicted octanol–water partition coefficient (Wildman–Crippen LogP) is 2.42. The van der Waals surface area contributed by atoms with Crippen molar-refractivity contribution in [2.75, 3.05) is 13.2 Å². The molecule has 1 aromatic rings. The molecule has 0 spiro atoms. The van der Waals surface area contributed by atoms with E-state index in [0.29, 0.717) is 18.8 Å². The van der Waals surface area contributed by atoms with Gasteiger partial charge in [0.1, 0.15) is 24.2 Å². The van der Waals surface area contributed by atoms with Crippen molar-refractivity contribution in [3.63, 3.8) is 0 Å². The van der Waals surface area contributed by atoms with Crippen molar-refractivity contribution in [2.24, 2.45) is 0 Å². The molecule has 0 amide bonds. The van der Waals surface area contributed by atoms with Crippen LogP contribution in [0.25, 0.3) is 0 Å². The van der Waals surface area contributed by atoms with Gasteiger partial charge in [-0.25, -0.2) is 9.78 Å². The number of aromatic hydroxyl groups is 1. The molecule has 0 aliphatic carbocycles. The zero-order chi connectivity index (χ0) is 14.7. The van der Waals surface area contributed by atoms with Crippen molar-refractivity contribution in [2.45, 2.75) is 26.4 Å². The van der Waals surface area contributed by atoms with Crippen LogP contribution in [-0.2, 0) is 16.2 Å². The Morgan fingerprint density at radius 1 is 1.50 bits per heavy atom. The maximum atomic E-state index is 11.4. The lowest BCUT2D eigenvalue weighted by Gasteiger charge is -2.13. The molecule has 1 aliphatic rings. The van der Waals surface area contributed by atoms with Gasteiger partial charge in [0.05, 0.1) is 12.2 Å². The SMILES string of the molecule is C=C(COOCC)[C@H]1Cc2cc(O)c(C(C)=O)cc2O1. The van der Waals surface area contributed by atoms with Crippen LogP contribution < -0.4 is 4.74 Å². The Balaban J connectivity index is 2.07. The summed E-state index contributed by atoms with van der Waals surface area (Å²) in [5, 5.41) is 9.80. The van der Waals surface area contributed by atoms with E-state index in [9.17, 15) is 9.90 Å². The molecular weight excluding hydrogens is 260 g/mol. The molecule has 0 radical (unpaired) electrons. The van der Waals surface area contributed by atoms with Crippen molar-refractivity contribution in [1.29, 1.82) is 0 Å². The number of benzene rings is 1. The Hall–Kier alpha value is -1.85. The van der Waals surface area contributed by atoms with Gasteiger partial charge in [0, 0.05) is 12.0 Å². The normalized spacial score (nSPS) is 16.6. The zero-order valence-electron chi connectivity index (χ0n) is 11.6. The fourth-order valence-electron chi connectivity index (χ4n) is 2.08. The fraction of sp³-hybridized carbons (Fsp3) is 0.400. The molecule has 1 N–H and O–H groups in total. The van der Waals surface area contributed by atoms with E-state index in [4.69, 9.17) is 14.5 Å². The summed E-state index contributed by atoms with van der Waals surface area (Å²) in [5.41, 5.74) is 1.87. The summed E-state index contributed by atoms with van der Waals surface area (Å²) in [6.07, 6.45) is 0.363. The fourth-order valence-corrected chi connectivity index (χ4v) is 2.08. The van der Waals surface area contributed by atoms with Gasteiger partial charge in [-0.05, 0) is 31.6 Å². The number of rotatable bonds is 6. The average molecular weight is 278 g/mol. The second kappa shape index (κ2) is 6.07. The Kier molecular flexibility index (Phi) is 4.42. The van der Waals surface area contributed by atoms with Crippen LogP contribution in [0.4, 0.5) is 0 Å². The second-order valence-electron chi connectivity index (χ2n) is 4.67. The van der Waals surface area contributed by atoms with E-state index >= 15 is 0 Å². The lowest BCUT2D eigenvalue weighted by atomic mass is 10.0. The van der Waals surface area contributed by atoms with E-state index in [1.54, 1.807) is 12.1 Å². The van der Waals surface area contributed by atoms with Gasteiger partial charge in [0.25, 0.3) is 0 Å². The first kappa shape index (κ1) is 14.6. The van der Waals surface area contributed by atoms with E-state index in [1.807, 2.05) is 6.92 Å². The van der Waals surface area contributed by atoms with Crippen molar-refractivity contribution in [3.8, 4) is 11.5 Å². The van der Waals surface area contributed by atoms with Gasteiger partial charge in [-0.2, -0.15) is 0 Å². The molecule has 0 fully saturated rings. The van der Waals surface area contributed by atoms with Crippen LogP contribution in [0.15, 0.2) is 24.3 Å². The number of Topliss-reactive ketones (excluding diaryl/α,β-unsaturated/α-hetero) is 1. The number of hydrogen-bond acceptors (Lipinski definition) is 5. The molecule has 20 heavy (non-hydrogen) atoms. The highest BCUT2D eigenvalue weighted by Crippen LogP contribution is 2.36. The van der Waals surface area contributed by atoms with Crippen LogP contribution in [0.5, 0.6) is 11.5 Å². The predicted molar refractivity (Wildman–Crippen MR) is 72.9 cm³/mol. The first-order valence-electron chi connectivity index (χ1n) is 6.48. The molecule has 0 bridgehead atoms. The molecule has 2 rings (SSSR count). The van der Waals surface area contributed by atoms with Crippen molar-refractivity contribution in [1.82, 2.24) is 0 Å². The molecule has 0 saturated heterocycles. The molecule has 108 valence electrons. The lowest BCUT2D eigenvalue weighted by Crippen LogP contribution is -2.19. The highest BCUT2D eigenvalue weighted by atomic mass is 17.2. The molecule has 1 heterocycles. The van der Waals surface area contributed by atoms with E-state index in [0.717, 1.165) is 11.1 Å². The maximum Gasteiger partial charge on any atom is 0.163 e. The van der Waals surface area contributed by atoms with E-state index < -0.39 is 0 Å². The van der Waals surface area contributed by atoms with Gasteiger partial charge in [-0.15, -0.1) is 0 Å². The summed E-state index contributed by atoms with van der Waals surface area (Å²) < 4.78 is 5.75. The Morgan fingerprint density at radius 2 is 2.25 bits per heavy atom. The number of phenols is 1. The lowest BCUT2D eigenvalue weighted by molar-refractivity contribution is -0.285. The van der Waals surface area contributed by atoms with Crippen LogP contribution in [0.2, 0.25) is 0 Å². The zero-order valence-corrected chi connectivity index (χ0v) is 11.6. The first-order valence-corrected chi connectivity index (χ1v) is 6.48.